The Morgan fingerprint density at radius 3 is 2.83 bits per heavy atom. The van der Waals surface area contributed by atoms with Gasteiger partial charge in [0.2, 0.25) is 0 Å². The van der Waals surface area contributed by atoms with Gasteiger partial charge in [-0.3, -0.25) is 0 Å². The van der Waals surface area contributed by atoms with Crippen LogP contribution in [0.25, 0.3) is 0 Å². The summed E-state index contributed by atoms with van der Waals surface area (Å²) in [7, 11) is 0. The summed E-state index contributed by atoms with van der Waals surface area (Å²) in [6.07, 6.45) is 3.42. The first-order valence-electron chi connectivity index (χ1n) is 6.76. The van der Waals surface area contributed by atoms with Gasteiger partial charge in [-0.1, -0.05) is 37.6 Å². The first-order valence-corrected chi connectivity index (χ1v) is 7.14. The molecule has 0 spiro atoms. The fourth-order valence-electron chi connectivity index (χ4n) is 2.89. The van der Waals surface area contributed by atoms with Crippen molar-refractivity contribution < 1.29 is 0 Å². The van der Waals surface area contributed by atoms with Gasteiger partial charge in [-0.2, -0.15) is 0 Å². The molecule has 2 nitrogen and oxygen atoms in total. The van der Waals surface area contributed by atoms with Crippen LogP contribution in [0.2, 0.25) is 5.02 Å². The van der Waals surface area contributed by atoms with E-state index in [2.05, 4.69) is 24.8 Å². The highest BCUT2D eigenvalue weighted by Crippen LogP contribution is 2.37. The van der Waals surface area contributed by atoms with Gasteiger partial charge < -0.3 is 10.6 Å². The van der Waals surface area contributed by atoms with E-state index < -0.39 is 0 Å². The molecule has 1 fully saturated rings. The number of para-hydroxylation sites is 1. The molecule has 2 N–H and O–H groups in total. The molecule has 3 heteroatoms. The summed E-state index contributed by atoms with van der Waals surface area (Å²) >= 11 is 6.41. The van der Waals surface area contributed by atoms with Crippen LogP contribution >= 0.6 is 11.6 Å². The Hall–Kier alpha value is -0.730. The van der Waals surface area contributed by atoms with Crippen LogP contribution in [0, 0.1) is 5.41 Å². The molecule has 18 heavy (non-hydrogen) atoms. The monoisotopic (exact) mass is 266 g/mol. The average molecular weight is 267 g/mol. The fourth-order valence-corrected chi connectivity index (χ4v) is 3.20. The Morgan fingerprint density at radius 2 is 2.17 bits per heavy atom. The maximum Gasteiger partial charge on any atom is 0.0642 e. The Bertz CT molecular complexity index is 415. The third-order valence-electron chi connectivity index (χ3n) is 3.70. The van der Waals surface area contributed by atoms with Gasteiger partial charge in [0.25, 0.3) is 0 Å². The minimum absolute atomic E-state index is 0.372. The number of hydrogen-bond donors (Lipinski definition) is 1. The number of hydrogen-bond acceptors (Lipinski definition) is 2. The molecule has 0 atom stereocenters. The Kier molecular flexibility index (Phi) is 4.18. The molecule has 0 amide bonds. The number of piperidine rings is 1. The fraction of sp³-hybridized carbons (Fsp3) is 0.600. The molecule has 0 aliphatic carbocycles. The largest absolute Gasteiger partial charge is 0.370 e. The number of halogens is 1. The quantitative estimate of drug-likeness (QED) is 0.908. The molecule has 0 radical (unpaired) electrons. The molecule has 1 aromatic carbocycles. The van der Waals surface area contributed by atoms with Crippen LogP contribution in [0.4, 0.5) is 5.69 Å². The van der Waals surface area contributed by atoms with Gasteiger partial charge >= 0.3 is 0 Å². The minimum atomic E-state index is 0.372. The topological polar surface area (TPSA) is 29.3 Å². The zero-order chi connectivity index (χ0) is 13.2. The highest BCUT2D eigenvalue weighted by atomic mass is 35.5. The van der Waals surface area contributed by atoms with E-state index in [-0.39, 0.29) is 0 Å². The average Bonchev–Trinajstić information content (AvgIpc) is 2.28. The summed E-state index contributed by atoms with van der Waals surface area (Å²) in [5, 5.41) is 0.860. The van der Waals surface area contributed by atoms with E-state index in [0.29, 0.717) is 12.0 Å². The van der Waals surface area contributed by atoms with Crippen molar-refractivity contribution in [3.8, 4) is 0 Å². The molecule has 0 aromatic heterocycles. The lowest BCUT2D eigenvalue weighted by molar-refractivity contribution is 0.293. The molecule has 0 saturated carbocycles. The molecule has 100 valence electrons. The number of anilines is 1. The molecule has 2 rings (SSSR count). The lowest BCUT2D eigenvalue weighted by Gasteiger charge is -2.40. The maximum atomic E-state index is 6.41. The van der Waals surface area contributed by atoms with E-state index in [0.717, 1.165) is 24.5 Å². The molecule has 1 aliphatic rings. The molecule has 1 aromatic rings. The van der Waals surface area contributed by atoms with Gasteiger partial charge in [-0.05, 0) is 42.9 Å². The minimum Gasteiger partial charge on any atom is -0.370 e. The van der Waals surface area contributed by atoms with E-state index >= 15 is 0 Å². The van der Waals surface area contributed by atoms with E-state index in [1.807, 2.05) is 12.1 Å². The van der Waals surface area contributed by atoms with Crippen LogP contribution in [-0.4, -0.2) is 19.6 Å². The number of nitrogens with zero attached hydrogens (tertiary/aromatic N) is 1. The summed E-state index contributed by atoms with van der Waals surface area (Å²) in [5.41, 5.74) is 8.56. The van der Waals surface area contributed by atoms with Crippen LogP contribution in [0.15, 0.2) is 18.2 Å². The third kappa shape index (κ3) is 2.99. The smallest absolute Gasteiger partial charge is 0.0642 e. The van der Waals surface area contributed by atoms with Crippen LogP contribution in [-0.2, 0) is 6.42 Å². The van der Waals surface area contributed by atoms with Crippen LogP contribution in [0.3, 0.4) is 0 Å². The van der Waals surface area contributed by atoms with Gasteiger partial charge in [0, 0.05) is 13.1 Å². The van der Waals surface area contributed by atoms with Gasteiger partial charge in [0.15, 0.2) is 0 Å². The Balaban J connectivity index is 2.31. The van der Waals surface area contributed by atoms with Crippen molar-refractivity contribution in [3.05, 3.63) is 28.8 Å². The lowest BCUT2D eigenvalue weighted by Crippen LogP contribution is -2.40. The first kappa shape index (κ1) is 13.7. The molecule has 0 unspecified atom stereocenters. The van der Waals surface area contributed by atoms with Gasteiger partial charge in [0.1, 0.15) is 0 Å². The summed E-state index contributed by atoms with van der Waals surface area (Å²) in [4.78, 5) is 2.44. The SMILES string of the molecule is CC1(C)CCCN(c2c(Cl)cccc2CCN)C1. The zero-order valence-electron chi connectivity index (χ0n) is 11.4. The first-order chi connectivity index (χ1) is 8.53. The standard InChI is InChI=1S/C15H23ClN2/c1-15(2)8-4-10-18(11-15)14-12(7-9-17)5-3-6-13(14)16/h3,5-6H,4,7-11,17H2,1-2H3. The van der Waals surface area contributed by atoms with Crippen molar-refractivity contribution in [1.82, 2.24) is 0 Å². The molecule has 1 aliphatic heterocycles. The summed E-state index contributed by atoms with van der Waals surface area (Å²) < 4.78 is 0. The van der Waals surface area contributed by atoms with Crippen molar-refractivity contribution in [1.29, 1.82) is 0 Å². The summed E-state index contributed by atoms with van der Waals surface area (Å²) in [6, 6.07) is 6.15. The van der Waals surface area contributed by atoms with Crippen LogP contribution in [0.1, 0.15) is 32.3 Å². The van der Waals surface area contributed by atoms with Crippen molar-refractivity contribution in [3.63, 3.8) is 0 Å². The molecular weight excluding hydrogens is 244 g/mol. The highest BCUT2D eigenvalue weighted by molar-refractivity contribution is 6.33. The second kappa shape index (κ2) is 5.50. The van der Waals surface area contributed by atoms with E-state index in [1.54, 1.807) is 0 Å². The van der Waals surface area contributed by atoms with E-state index in [4.69, 9.17) is 17.3 Å². The number of rotatable bonds is 3. The lowest BCUT2D eigenvalue weighted by atomic mass is 9.83. The van der Waals surface area contributed by atoms with E-state index in [1.165, 1.54) is 24.1 Å². The molecular formula is C15H23ClN2. The number of nitrogens with two attached hydrogens (primary N) is 1. The Labute approximate surface area is 115 Å². The zero-order valence-corrected chi connectivity index (χ0v) is 12.1. The summed E-state index contributed by atoms with van der Waals surface area (Å²) in [6.45, 7) is 7.51. The van der Waals surface area contributed by atoms with Crippen LogP contribution < -0.4 is 10.6 Å². The Morgan fingerprint density at radius 1 is 1.39 bits per heavy atom. The third-order valence-corrected chi connectivity index (χ3v) is 4.01. The van der Waals surface area contributed by atoms with E-state index in [9.17, 15) is 0 Å². The van der Waals surface area contributed by atoms with Crippen molar-refractivity contribution in [2.45, 2.75) is 33.1 Å². The maximum absolute atomic E-state index is 6.41. The van der Waals surface area contributed by atoms with Crippen molar-refractivity contribution >= 4 is 17.3 Å². The molecule has 1 heterocycles. The molecule has 1 saturated heterocycles. The normalized spacial score (nSPS) is 19.0. The van der Waals surface area contributed by atoms with Crippen LogP contribution in [0.5, 0.6) is 0 Å². The van der Waals surface area contributed by atoms with Gasteiger partial charge in [0.05, 0.1) is 10.7 Å². The predicted molar refractivity (Wildman–Crippen MR) is 79.4 cm³/mol. The molecule has 0 bridgehead atoms. The second-order valence-electron chi connectivity index (χ2n) is 5.98. The van der Waals surface area contributed by atoms with Crippen molar-refractivity contribution in [2.75, 3.05) is 24.5 Å². The predicted octanol–water partition coefficient (Wildman–Crippen LogP) is 3.47. The summed E-state index contributed by atoms with van der Waals surface area (Å²) in [5.74, 6) is 0. The number of benzene rings is 1. The van der Waals surface area contributed by atoms with Gasteiger partial charge in [-0.25, -0.2) is 0 Å². The highest BCUT2D eigenvalue weighted by Gasteiger charge is 2.28. The van der Waals surface area contributed by atoms with Gasteiger partial charge in [-0.15, -0.1) is 0 Å². The second-order valence-corrected chi connectivity index (χ2v) is 6.38. The van der Waals surface area contributed by atoms with Crippen molar-refractivity contribution in [2.24, 2.45) is 11.1 Å².